The minimum Gasteiger partial charge on any atom is -0.467 e. The third kappa shape index (κ3) is 4.35. The van der Waals surface area contributed by atoms with Crippen LogP contribution in [0.2, 0.25) is 0 Å². The van der Waals surface area contributed by atoms with E-state index in [4.69, 9.17) is 14.9 Å². The van der Waals surface area contributed by atoms with Gasteiger partial charge in [-0.25, -0.2) is 0 Å². The number of ether oxygens (including phenoxy) is 1. The molecular weight excluding hydrogens is 256 g/mol. The maximum absolute atomic E-state index is 12.0. The van der Waals surface area contributed by atoms with E-state index < -0.39 is 5.54 Å². The highest BCUT2D eigenvalue weighted by Gasteiger charge is 2.34. The highest BCUT2D eigenvalue weighted by atomic mass is 16.5. The molecule has 0 radical (unpaired) electrons. The predicted molar refractivity (Wildman–Crippen MR) is 76.0 cm³/mol. The lowest BCUT2D eigenvalue weighted by molar-refractivity contribution is -0.127. The van der Waals surface area contributed by atoms with Gasteiger partial charge in [0.2, 0.25) is 5.91 Å². The fourth-order valence-corrected chi connectivity index (χ4v) is 2.53. The van der Waals surface area contributed by atoms with Gasteiger partial charge in [0.05, 0.1) is 11.8 Å². The monoisotopic (exact) mass is 280 g/mol. The molecule has 20 heavy (non-hydrogen) atoms. The Hall–Kier alpha value is -1.33. The second kappa shape index (κ2) is 7.45. The molecule has 1 aromatic rings. The zero-order valence-corrected chi connectivity index (χ0v) is 11.9. The highest BCUT2D eigenvalue weighted by molar-refractivity contribution is 5.86. The van der Waals surface area contributed by atoms with Crippen molar-refractivity contribution >= 4 is 5.91 Å². The van der Waals surface area contributed by atoms with Crippen LogP contribution in [0.5, 0.6) is 0 Å². The van der Waals surface area contributed by atoms with Gasteiger partial charge in [-0.2, -0.15) is 0 Å². The molecule has 0 aromatic carbocycles. The first-order valence-corrected chi connectivity index (χ1v) is 7.38. The van der Waals surface area contributed by atoms with E-state index in [0.717, 1.165) is 37.9 Å². The number of amides is 1. The molecule has 1 heterocycles. The molecule has 0 aliphatic heterocycles. The molecule has 1 aliphatic carbocycles. The Kier molecular flexibility index (Phi) is 5.61. The number of hydrogen-bond donors (Lipinski definition) is 2. The van der Waals surface area contributed by atoms with E-state index in [1.165, 1.54) is 6.42 Å². The molecule has 0 atom stereocenters. The van der Waals surface area contributed by atoms with Crippen molar-refractivity contribution in [1.29, 1.82) is 0 Å². The van der Waals surface area contributed by atoms with Crippen molar-refractivity contribution < 1.29 is 13.9 Å². The molecule has 3 N–H and O–H groups in total. The summed E-state index contributed by atoms with van der Waals surface area (Å²) in [6.45, 7) is 1.68. The smallest absolute Gasteiger partial charge is 0.240 e. The van der Waals surface area contributed by atoms with Gasteiger partial charge >= 0.3 is 0 Å². The van der Waals surface area contributed by atoms with Crippen molar-refractivity contribution in [2.24, 2.45) is 5.73 Å². The van der Waals surface area contributed by atoms with E-state index in [9.17, 15) is 4.79 Å². The molecule has 2 rings (SSSR count). The summed E-state index contributed by atoms with van der Waals surface area (Å²) in [5.74, 6) is 0.806. The van der Waals surface area contributed by atoms with Crippen LogP contribution in [0.3, 0.4) is 0 Å². The number of rotatable bonds is 7. The van der Waals surface area contributed by atoms with Crippen LogP contribution in [-0.2, 0) is 16.1 Å². The van der Waals surface area contributed by atoms with Crippen molar-refractivity contribution in [1.82, 2.24) is 5.32 Å². The average molecular weight is 280 g/mol. The van der Waals surface area contributed by atoms with Crippen molar-refractivity contribution in [3.63, 3.8) is 0 Å². The van der Waals surface area contributed by atoms with Gasteiger partial charge in [-0.1, -0.05) is 19.3 Å². The number of nitrogens with two attached hydrogens (primary N) is 1. The second-order valence-corrected chi connectivity index (χ2v) is 5.46. The topological polar surface area (TPSA) is 77.5 Å². The minimum atomic E-state index is -0.646. The van der Waals surface area contributed by atoms with Crippen molar-refractivity contribution in [2.75, 3.05) is 13.2 Å². The third-order valence-corrected chi connectivity index (χ3v) is 3.77. The number of nitrogens with one attached hydrogen (secondary N) is 1. The summed E-state index contributed by atoms with van der Waals surface area (Å²) >= 11 is 0. The first-order valence-electron chi connectivity index (χ1n) is 7.38. The lowest BCUT2D eigenvalue weighted by Gasteiger charge is -2.31. The van der Waals surface area contributed by atoms with Gasteiger partial charge in [0.25, 0.3) is 0 Å². The summed E-state index contributed by atoms with van der Waals surface area (Å²) in [5, 5.41) is 2.92. The average Bonchev–Trinajstić information content (AvgIpc) is 2.96. The number of hydrogen-bond acceptors (Lipinski definition) is 4. The molecule has 1 aromatic heterocycles. The van der Waals surface area contributed by atoms with E-state index in [1.807, 2.05) is 12.1 Å². The first kappa shape index (κ1) is 15.1. The molecule has 1 fully saturated rings. The van der Waals surface area contributed by atoms with Crippen LogP contribution >= 0.6 is 0 Å². The molecule has 0 bridgehead atoms. The summed E-state index contributed by atoms with van der Waals surface area (Å²) in [4.78, 5) is 12.0. The number of carbonyl (C=O) groups is 1. The highest BCUT2D eigenvalue weighted by Crippen LogP contribution is 2.25. The second-order valence-electron chi connectivity index (χ2n) is 5.46. The van der Waals surface area contributed by atoms with Crippen LogP contribution in [0, 0.1) is 0 Å². The summed E-state index contributed by atoms with van der Waals surface area (Å²) in [7, 11) is 0. The normalized spacial score (nSPS) is 17.9. The van der Waals surface area contributed by atoms with E-state index in [-0.39, 0.29) is 5.91 Å². The molecular formula is C15H24N2O3. The SMILES string of the molecule is NC1(C(=O)NCCCOCc2ccco2)CCCCC1. The van der Waals surface area contributed by atoms with Crippen LogP contribution in [-0.4, -0.2) is 24.6 Å². The van der Waals surface area contributed by atoms with Gasteiger partial charge < -0.3 is 20.2 Å². The molecule has 1 aliphatic rings. The van der Waals surface area contributed by atoms with Crippen molar-refractivity contribution in [3.8, 4) is 0 Å². The molecule has 1 saturated carbocycles. The van der Waals surface area contributed by atoms with Crippen LogP contribution < -0.4 is 11.1 Å². The summed E-state index contributed by atoms with van der Waals surface area (Å²) in [6, 6.07) is 3.72. The van der Waals surface area contributed by atoms with Gasteiger partial charge in [0.15, 0.2) is 0 Å². The molecule has 0 unspecified atom stereocenters. The lowest BCUT2D eigenvalue weighted by atomic mass is 9.82. The van der Waals surface area contributed by atoms with E-state index >= 15 is 0 Å². The Balaban J connectivity index is 1.55. The van der Waals surface area contributed by atoms with Crippen molar-refractivity contribution in [3.05, 3.63) is 24.2 Å². The Labute approximate surface area is 119 Å². The fourth-order valence-electron chi connectivity index (χ4n) is 2.53. The maximum atomic E-state index is 12.0. The minimum absolute atomic E-state index is 0.0109. The van der Waals surface area contributed by atoms with E-state index in [1.54, 1.807) is 6.26 Å². The number of carbonyl (C=O) groups excluding carboxylic acids is 1. The Bertz CT molecular complexity index is 397. The molecule has 5 nitrogen and oxygen atoms in total. The van der Waals surface area contributed by atoms with Crippen LogP contribution in [0.1, 0.15) is 44.3 Å². The summed E-state index contributed by atoms with van der Waals surface area (Å²) in [6.07, 6.45) is 7.30. The summed E-state index contributed by atoms with van der Waals surface area (Å²) < 4.78 is 10.6. The lowest BCUT2D eigenvalue weighted by Crippen LogP contribution is -2.55. The van der Waals surface area contributed by atoms with Gasteiger partial charge in [-0.15, -0.1) is 0 Å². The zero-order chi connectivity index (χ0) is 14.3. The number of furan rings is 1. The third-order valence-electron chi connectivity index (χ3n) is 3.77. The van der Waals surface area contributed by atoms with Crippen LogP contribution in [0.15, 0.2) is 22.8 Å². The Morgan fingerprint density at radius 3 is 2.90 bits per heavy atom. The van der Waals surface area contributed by atoms with Gasteiger partial charge in [0, 0.05) is 13.2 Å². The zero-order valence-electron chi connectivity index (χ0n) is 11.9. The maximum Gasteiger partial charge on any atom is 0.240 e. The standard InChI is InChI=1S/C15H24N2O3/c16-15(7-2-1-3-8-15)14(18)17-9-5-10-19-12-13-6-4-11-20-13/h4,6,11H,1-3,5,7-10,12,16H2,(H,17,18). The predicted octanol–water partition coefficient (Wildman–Crippen LogP) is 1.96. The molecule has 112 valence electrons. The van der Waals surface area contributed by atoms with E-state index in [0.29, 0.717) is 19.8 Å². The van der Waals surface area contributed by atoms with Gasteiger partial charge in [-0.05, 0) is 31.4 Å². The summed E-state index contributed by atoms with van der Waals surface area (Å²) in [5.41, 5.74) is 5.51. The Morgan fingerprint density at radius 2 is 2.20 bits per heavy atom. The van der Waals surface area contributed by atoms with Gasteiger partial charge in [0.1, 0.15) is 12.4 Å². The quantitative estimate of drug-likeness (QED) is 0.748. The van der Waals surface area contributed by atoms with Gasteiger partial charge in [-0.3, -0.25) is 4.79 Å². The fraction of sp³-hybridized carbons (Fsp3) is 0.667. The molecule has 0 spiro atoms. The largest absolute Gasteiger partial charge is 0.467 e. The molecule has 5 heteroatoms. The molecule has 0 saturated heterocycles. The van der Waals surface area contributed by atoms with Crippen LogP contribution in [0.4, 0.5) is 0 Å². The van der Waals surface area contributed by atoms with Crippen molar-refractivity contribution in [2.45, 2.75) is 50.7 Å². The first-order chi connectivity index (χ1) is 9.71. The molecule has 1 amide bonds. The Morgan fingerprint density at radius 1 is 1.40 bits per heavy atom. The van der Waals surface area contributed by atoms with E-state index in [2.05, 4.69) is 5.32 Å². The van der Waals surface area contributed by atoms with Crippen LogP contribution in [0.25, 0.3) is 0 Å².